The van der Waals surface area contributed by atoms with Gasteiger partial charge in [0.2, 0.25) is 17.7 Å². The summed E-state index contributed by atoms with van der Waals surface area (Å²) in [6, 6.07) is 5.25. The highest BCUT2D eigenvalue weighted by atomic mass is 16.5. The second-order valence-corrected chi connectivity index (χ2v) is 10.2. The van der Waals surface area contributed by atoms with Gasteiger partial charge in [-0.15, -0.1) is 0 Å². The fourth-order valence-corrected chi connectivity index (χ4v) is 5.38. The highest BCUT2D eigenvalue weighted by molar-refractivity contribution is 5.96. The quantitative estimate of drug-likeness (QED) is 0.435. The average molecular weight is 528 g/mol. The molecule has 3 heterocycles. The highest BCUT2D eigenvalue weighted by Gasteiger charge is 2.43. The van der Waals surface area contributed by atoms with E-state index in [9.17, 15) is 24.0 Å². The fraction of sp³-hybridized carbons (Fsp3) is 0.593. The maximum absolute atomic E-state index is 13.5. The first kappa shape index (κ1) is 27.6. The molecule has 4 rings (SSSR count). The molecule has 3 N–H and O–H groups in total. The van der Waals surface area contributed by atoms with Gasteiger partial charge in [0.15, 0.2) is 0 Å². The van der Waals surface area contributed by atoms with E-state index in [1.54, 1.807) is 37.1 Å². The maximum atomic E-state index is 13.5. The Morgan fingerprint density at radius 3 is 2.66 bits per heavy atom. The van der Waals surface area contributed by atoms with Gasteiger partial charge in [-0.25, -0.2) is 0 Å². The lowest BCUT2D eigenvalue weighted by atomic mass is 9.98. The van der Waals surface area contributed by atoms with Crippen molar-refractivity contribution in [1.29, 1.82) is 0 Å². The summed E-state index contributed by atoms with van der Waals surface area (Å²) in [5.74, 6) is -1.37. The van der Waals surface area contributed by atoms with Crippen molar-refractivity contribution in [3.63, 3.8) is 0 Å². The molecule has 1 aromatic rings. The second kappa shape index (κ2) is 12.4. The molecule has 3 unspecified atom stereocenters. The van der Waals surface area contributed by atoms with Crippen molar-refractivity contribution in [3.05, 3.63) is 35.4 Å². The Balaban J connectivity index is 1.40. The molecule has 38 heavy (non-hydrogen) atoms. The Kier molecular flexibility index (Phi) is 8.98. The van der Waals surface area contributed by atoms with E-state index in [1.807, 2.05) is 6.07 Å². The molecule has 3 aliphatic heterocycles. The first-order valence-electron chi connectivity index (χ1n) is 13.4. The molecule has 3 fully saturated rings. The van der Waals surface area contributed by atoms with Crippen LogP contribution in [0.1, 0.15) is 61.4 Å². The van der Waals surface area contributed by atoms with Crippen molar-refractivity contribution in [2.45, 2.75) is 76.2 Å². The van der Waals surface area contributed by atoms with E-state index in [4.69, 9.17) is 4.74 Å². The van der Waals surface area contributed by atoms with Crippen LogP contribution in [-0.4, -0.2) is 90.3 Å². The van der Waals surface area contributed by atoms with E-state index in [0.717, 1.165) is 31.2 Å². The van der Waals surface area contributed by atoms with Gasteiger partial charge < -0.3 is 30.5 Å². The van der Waals surface area contributed by atoms with Gasteiger partial charge >= 0.3 is 5.97 Å². The van der Waals surface area contributed by atoms with Gasteiger partial charge in [0.25, 0.3) is 5.91 Å². The predicted molar refractivity (Wildman–Crippen MR) is 138 cm³/mol. The average Bonchev–Trinajstić information content (AvgIpc) is 3.34. The fourth-order valence-electron chi connectivity index (χ4n) is 5.38. The molecule has 3 saturated heterocycles. The van der Waals surface area contributed by atoms with Crippen molar-refractivity contribution in [3.8, 4) is 0 Å². The number of benzene rings is 1. The lowest BCUT2D eigenvalue weighted by molar-refractivity contribution is -0.149. The predicted octanol–water partition coefficient (Wildman–Crippen LogP) is 0.328. The van der Waals surface area contributed by atoms with E-state index in [-0.39, 0.29) is 49.4 Å². The molecule has 4 amide bonds. The molecule has 0 radical (unpaired) electrons. The van der Waals surface area contributed by atoms with Gasteiger partial charge in [-0.1, -0.05) is 25.0 Å². The maximum Gasteiger partial charge on any atom is 0.325 e. The minimum atomic E-state index is -0.649. The van der Waals surface area contributed by atoms with E-state index in [1.165, 1.54) is 4.90 Å². The van der Waals surface area contributed by atoms with E-state index >= 15 is 0 Å². The number of nitrogens with one attached hydrogen (secondary N) is 3. The third kappa shape index (κ3) is 6.32. The van der Waals surface area contributed by atoms with Crippen LogP contribution in [0.4, 0.5) is 0 Å². The number of carbonyl (C=O) groups excluding carboxylic acids is 5. The molecular formula is C27H37N5O6. The van der Waals surface area contributed by atoms with Crippen molar-refractivity contribution in [2.24, 2.45) is 0 Å². The van der Waals surface area contributed by atoms with Gasteiger partial charge in [-0.3, -0.25) is 24.0 Å². The Hall–Kier alpha value is -3.47. The van der Waals surface area contributed by atoms with Crippen LogP contribution in [0.5, 0.6) is 0 Å². The molecule has 0 aliphatic carbocycles. The third-order valence-electron chi connectivity index (χ3n) is 7.65. The molecule has 0 saturated carbocycles. The summed E-state index contributed by atoms with van der Waals surface area (Å²) in [5, 5.41) is 8.70. The topological polar surface area (TPSA) is 137 Å². The number of likely N-dealkylation sites (N-methyl/N-ethyl adjacent to an activating group) is 1. The number of hydrogen-bond acceptors (Lipinski definition) is 7. The molecule has 11 nitrogen and oxygen atoms in total. The van der Waals surface area contributed by atoms with Crippen LogP contribution >= 0.6 is 0 Å². The highest BCUT2D eigenvalue weighted by Crippen LogP contribution is 2.31. The molecule has 0 aromatic heterocycles. The van der Waals surface area contributed by atoms with Crippen LogP contribution in [0.2, 0.25) is 0 Å². The number of nitrogens with zero attached hydrogens (tertiary/aromatic N) is 2. The van der Waals surface area contributed by atoms with Crippen LogP contribution in [0, 0.1) is 0 Å². The standard InChI is InChI=1S/C27H37N5O6/c1-17(28-2)24(34)30-21-9-4-3-8-20-10-11-22(32(20)27(21)37)25(35)29-15-18-6-5-7-19(14-18)26(36)31-12-13-38-23(33)16-31/h5-7,14,17,20-22,28H,3-4,8-13,15-16H2,1-2H3,(H,29,35)(H,30,34)/t17-,20?,21?,22?/m0/s1. The van der Waals surface area contributed by atoms with Crippen molar-refractivity contribution < 1.29 is 28.7 Å². The number of hydrogen-bond donors (Lipinski definition) is 3. The molecule has 4 atom stereocenters. The number of cyclic esters (lactones) is 1. The van der Waals surface area contributed by atoms with Gasteiger partial charge in [0.1, 0.15) is 25.2 Å². The van der Waals surface area contributed by atoms with Gasteiger partial charge in [-0.2, -0.15) is 0 Å². The second-order valence-electron chi connectivity index (χ2n) is 10.2. The Bertz CT molecular complexity index is 1080. The number of amides is 4. The zero-order valence-electron chi connectivity index (χ0n) is 22.0. The zero-order valence-corrected chi connectivity index (χ0v) is 22.0. The summed E-state index contributed by atoms with van der Waals surface area (Å²) in [7, 11) is 1.69. The zero-order chi connectivity index (χ0) is 27.2. The number of carbonyl (C=O) groups is 5. The van der Waals surface area contributed by atoms with E-state index < -0.39 is 24.1 Å². The van der Waals surface area contributed by atoms with Crippen LogP contribution in [0.3, 0.4) is 0 Å². The molecule has 3 aliphatic rings. The first-order chi connectivity index (χ1) is 18.3. The smallest absolute Gasteiger partial charge is 0.325 e. The minimum absolute atomic E-state index is 0.0168. The Labute approximate surface area is 222 Å². The molecule has 206 valence electrons. The molecular weight excluding hydrogens is 490 g/mol. The van der Waals surface area contributed by atoms with E-state index in [0.29, 0.717) is 24.9 Å². The van der Waals surface area contributed by atoms with Crippen LogP contribution in [0.15, 0.2) is 24.3 Å². The van der Waals surface area contributed by atoms with Gasteiger partial charge in [0.05, 0.1) is 12.6 Å². The Morgan fingerprint density at radius 2 is 1.89 bits per heavy atom. The largest absolute Gasteiger partial charge is 0.462 e. The Morgan fingerprint density at radius 1 is 1.11 bits per heavy atom. The molecule has 11 heteroatoms. The van der Waals surface area contributed by atoms with Crippen LogP contribution in [-0.2, 0) is 30.5 Å². The number of ether oxygens (including phenoxy) is 1. The monoisotopic (exact) mass is 527 g/mol. The van der Waals surface area contributed by atoms with Crippen molar-refractivity contribution in [2.75, 3.05) is 26.7 Å². The number of morpholine rings is 1. The van der Waals surface area contributed by atoms with Crippen LogP contribution < -0.4 is 16.0 Å². The number of esters is 1. The lowest BCUT2D eigenvalue weighted by Crippen LogP contribution is -2.57. The number of rotatable bonds is 7. The minimum Gasteiger partial charge on any atom is -0.462 e. The van der Waals surface area contributed by atoms with Crippen molar-refractivity contribution >= 4 is 29.6 Å². The third-order valence-corrected chi connectivity index (χ3v) is 7.65. The lowest BCUT2D eigenvalue weighted by Gasteiger charge is -2.35. The summed E-state index contributed by atoms with van der Waals surface area (Å²) in [6.45, 7) is 2.37. The molecule has 0 spiro atoms. The summed E-state index contributed by atoms with van der Waals surface area (Å²) in [5.41, 5.74) is 1.17. The molecule has 0 bridgehead atoms. The van der Waals surface area contributed by atoms with Crippen molar-refractivity contribution in [1.82, 2.24) is 25.8 Å². The summed E-state index contributed by atoms with van der Waals surface area (Å²) in [4.78, 5) is 66.8. The van der Waals surface area contributed by atoms with Crippen LogP contribution in [0.25, 0.3) is 0 Å². The summed E-state index contributed by atoms with van der Waals surface area (Å²) in [6.07, 6.45) is 4.50. The summed E-state index contributed by atoms with van der Waals surface area (Å²) >= 11 is 0. The number of fused-ring (bicyclic) bond motifs is 1. The van der Waals surface area contributed by atoms with Gasteiger partial charge in [-0.05, 0) is 57.4 Å². The SMILES string of the molecule is CN[C@@H](C)C(=O)NC1CCCCC2CCC(C(=O)NCc3cccc(C(=O)N4CCOC(=O)C4)c3)N2C1=O. The first-order valence-corrected chi connectivity index (χ1v) is 13.4. The normalized spacial score (nSPS) is 24.5. The van der Waals surface area contributed by atoms with Gasteiger partial charge in [0, 0.05) is 18.2 Å². The summed E-state index contributed by atoms with van der Waals surface area (Å²) < 4.78 is 4.90. The van der Waals surface area contributed by atoms with E-state index in [2.05, 4.69) is 16.0 Å². The molecule has 1 aromatic carbocycles.